The van der Waals surface area contributed by atoms with Crippen LogP contribution in [0, 0.1) is 23.0 Å². The molecule has 2 aromatic rings. The van der Waals surface area contributed by atoms with Crippen molar-refractivity contribution in [3.63, 3.8) is 0 Å². The second-order valence-electron chi connectivity index (χ2n) is 6.55. The summed E-state index contributed by atoms with van der Waals surface area (Å²) in [7, 11) is 0. The topological polar surface area (TPSA) is 110 Å². The molecule has 1 aromatic carbocycles. The van der Waals surface area contributed by atoms with E-state index in [4.69, 9.17) is 5.73 Å². The summed E-state index contributed by atoms with van der Waals surface area (Å²) < 4.78 is 0. The van der Waals surface area contributed by atoms with Gasteiger partial charge in [0.25, 0.3) is 0 Å². The van der Waals surface area contributed by atoms with Crippen LogP contribution in [0.15, 0.2) is 24.3 Å². The van der Waals surface area contributed by atoms with Gasteiger partial charge in [-0.25, -0.2) is 0 Å². The first-order valence-electron chi connectivity index (χ1n) is 8.34. The largest absolute Gasteiger partial charge is 0.378 e. The molecule has 0 bridgehead atoms. The molecule has 8 heteroatoms. The molecule has 2 heterocycles. The number of anilines is 4. The molecule has 0 unspecified atom stereocenters. The van der Waals surface area contributed by atoms with Crippen molar-refractivity contribution in [2.75, 3.05) is 29.0 Å². The summed E-state index contributed by atoms with van der Waals surface area (Å²) in [5.74, 6) is 0.891. The molecule has 0 aliphatic carbocycles. The van der Waals surface area contributed by atoms with Gasteiger partial charge in [0.05, 0.1) is 4.92 Å². The van der Waals surface area contributed by atoms with Crippen LogP contribution in [0.4, 0.5) is 29.0 Å². The van der Waals surface area contributed by atoms with Gasteiger partial charge in [0.2, 0.25) is 17.6 Å². The van der Waals surface area contributed by atoms with Crippen molar-refractivity contribution in [2.45, 2.75) is 26.7 Å². The van der Waals surface area contributed by atoms with Crippen LogP contribution in [0.25, 0.3) is 0 Å². The average Bonchev–Trinajstić information content (AvgIpc) is 2.54. The summed E-state index contributed by atoms with van der Waals surface area (Å²) in [6.07, 6.45) is 2.09. The summed E-state index contributed by atoms with van der Waals surface area (Å²) in [6, 6.07) is 7.73. The Morgan fingerprint density at radius 2 is 2.20 bits per heavy atom. The van der Waals surface area contributed by atoms with Gasteiger partial charge in [-0.15, -0.1) is 0 Å². The zero-order chi connectivity index (χ0) is 18.0. The number of piperidine rings is 1. The zero-order valence-corrected chi connectivity index (χ0v) is 14.4. The first-order chi connectivity index (χ1) is 11.9. The monoisotopic (exact) mass is 342 g/mol. The summed E-state index contributed by atoms with van der Waals surface area (Å²) in [5, 5.41) is 14.6. The minimum atomic E-state index is -0.500. The van der Waals surface area contributed by atoms with E-state index in [1.165, 1.54) is 0 Å². The summed E-state index contributed by atoms with van der Waals surface area (Å²) >= 11 is 0. The lowest BCUT2D eigenvalue weighted by atomic mass is 10.0. The van der Waals surface area contributed by atoms with Crippen LogP contribution in [0.3, 0.4) is 0 Å². The summed E-state index contributed by atoms with van der Waals surface area (Å²) in [6.45, 7) is 5.57. The summed E-state index contributed by atoms with van der Waals surface area (Å²) in [5.41, 5.74) is 7.57. The maximum atomic E-state index is 11.5. The molecular formula is C17H22N6O2. The van der Waals surface area contributed by atoms with Crippen LogP contribution in [-0.4, -0.2) is 28.0 Å². The molecule has 0 amide bonds. The van der Waals surface area contributed by atoms with Crippen molar-refractivity contribution in [1.29, 1.82) is 0 Å². The van der Waals surface area contributed by atoms with Crippen molar-refractivity contribution in [3.05, 3.63) is 39.9 Å². The van der Waals surface area contributed by atoms with E-state index in [9.17, 15) is 10.1 Å². The van der Waals surface area contributed by atoms with Gasteiger partial charge in [-0.05, 0) is 43.4 Å². The second-order valence-corrected chi connectivity index (χ2v) is 6.55. The molecule has 1 aliphatic rings. The predicted octanol–water partition coefficient (Wildman–Crippen LogP) is 3.26. The predicted molar refractivity (Wildman–Crippen MR) is 98.2 cm³/mol. The normalized spacial score (nSPS) is 17.4. The van der Waals surface area contributed by atoms with Gasteiger partial charge in [0.1, 0.15) is 0 Å². The standard InChI is InChI=1S/C17H22N6O2/c1-11-5-3-7-13(9-11)19-17-20-15(18)14(23(24)25)16(21-17)22-8-4-6-12(2)10-22/h3,5,7,9,12H,4,6,8,10H2,1-2H3,(H3,18,19,20,21)/t12-/m1/s1. The third-order valence-electron chi connectivity index (χ3n) is 4.31. The Morgan fingerprint density at radius 1 is 1.40 bits per heavy atom. The maximum absolute atomic E-state index is 11.5. The SMILES string of the molecule is Cc1cccc(Nc2nc(N)c([N+](=O)[O-])c(N3CCC[C@@H](C)C3)n2)c1. The van der Waals surface area contributed by atoms with Crippen molar-refractivity contribution >= 4 is 29.0 Å². The van der Waals surface area contributed by atoms with Crippen molar-refractivity contribution in [3.8, 4) is 0 Å². The molecular weight excluding hydrogens is 320 g/mol. The highest BCUT2D eigenvalue weighted by atomic mass is 16.6. The number of nitrogens with two attached hydrogens (primary N) is 1. The lowest BCUT2D eigenvalue weighted by Crippen LogP contribution is -2.35. The fourth-order valence-electron chi connectivity index (χ4n) is 3.15. The highest BCUT2D eigenvalue weighted by molar-refractivity contribution is 5.72. The molecule has 0 radical (unpaired) electrons. The lowest BCUT2D eigenvalue weighted by Gasteiger charge is -2.31. The molecule has 25 heavy (non-hydrogen) atoms. The molecule has 1 atom stereocenters. The molecule has 0 saturated carbocycles. The Hall–Kier alpha value is -2.90. The van der Waals surface area contributed by atoms with Gasteiger partial charge in [0.15, 0.2) is 0 Å². The van der Waals surface area contributed by atoms with E-state index in [1.54, 1.807) is 0 Å². The van der Waals surface area contributed by atoms with Gasteiger partial charge in [0, 0.05) is 18.8 Å². The van der Waals surface area contributed by atoms with Crippen LogP contribution < -0.4 is 16.0 Å². The van der Waals surface area contributed by atoms with E-state index >= 15 is 0 Å². The Labute approximate surface area is 146 Å². The Kier molecular flexibility index (Phi) is 4.69. The van der Waals surface area contributed by atoms with Gasteiger partial charge >= 0.3 is 5.69 Å². The van der Waals surface area contributed by atoms with E-state index in [-0.39, 0.29) is 17.5 Å². The average molecular weight is 342 g/mol. The molecule has 1 fully saturated rings. The number of hydrogen-bond donors (Lipinski definition) is 2. The Balaban J connectivity index is 1.99. The van der Waals surface area contributed by atoms with Gasteiger partial charge in [-0.2, -0.15) is 9.97 Å². The van der Waals surface area contributed by atoms with E-state index in [0.717, 1.165) is 37.2 Å². The zero-order valence-electron chi connectivity index (χ0n) is 14.4. The van der Waals surface area contributed by atoms with Gasteiger partial charge in [-0.1, -0.05) is 19.1 Å². The van der Waals surface area contributed by atoms with Crippen LogP contribution in [-0.2, 0) is 0 Å². The first-order valence-corrected chi connectivity index (χ1v) is 8.34. The number of aromatic nitrogens is 2. The Bertz CT molecular complexity index is 795. The Morgan fingerprint density at radius 3 is 2.88 bits per heavy atom. The number of nitrogen functional groups attached to an aromatic ring is 1. The number of nitrogens with zero attached hydrogens (tertiary/aromatic N) is 4. The lowest BCUT2D eigenvalue weighted by molar-refractivity contribution is -0.383. The van der Waals surface area contributed by atoms with Crippen molar-refractivity contribution in [1.82, 2.24) is 9.97 Å². The minimum absolute atomic E-state index is 0.122. The van der Waals surface area contributed by atoms with E-state index in [2.05, 4.69) is 22.2 Å². The number of rotatable bonds is 4. The van der Waals surface area contributed by atoms with Crippen molar-refractivity contribution in [2.24, 2.45) is 5.92 Å². The molecule has 1 aromatic heterocycles. The molecule has 3 N–H and O–H groups in total. The van der Waals surface area contributed by atoms with Crippen molar-refractivity contribution < 1.29 is 4.92 Å². The smallest absolute Gasteiger partial charge is 0.353 e. The quantitative estimate of drug-likeness (QED) is 0.648. The molecule has 0 spiro atoms. The van der Waals surface area contributed by atoms with Gasteiger partial charge < -0.3 is 16.0 Å². The fraction of sp³-hybridized carbons (Fsp3) is 0.412. The van der Waals surface area contributed by atoms with Crippen LogP contribution in [0.5, 0.6) is 0 Å². The first kappa shape index (κ1) is 16.9. The number of aryl methyl sites for hydroxylation is 1. The molecule has 3 rings (SSSR count). The molecule has 132 valence electrons. The maximum Gasteiger partial charge on any atom is 0.353 e. The number of hydrogen-bond acceptors (Lipinski definition) is 7. The highest BCUT2D eigenvalue weighted by Crippen LogP contribution is 2.34. The summed E-state index contributed by atoms with van der Waals surface area (Å²) in [4.78, 5) is 21.4. The highest BCUT2D eigenvalue weighted by Gasteiger charge is 2.29. The minimum Gasteiger partial charge on any atom is -0.378 e. The third-order valence-corrected chi connectivity index (χ3v) is 4.31. The van der Waals surface area contributed by atoms with Gasteiger partial charge in [-0.3, -0.25) is 10.1 Å². The number of nitro groups is 1. The number of benzene rings is 1. The van der Waals surface area contributed by atoms with E-state index in [0.29, 0.717) is 11.7 Å². The fourth-order valence-corrected chi connectivity index (χ4v) is 3.15. The number of nitrogens with one attached hydrogen (secondary N) is 1. The third kappa shape index (κ3) is 3.78. The van der Waals surface area contributed by atoms with Crippen LogP contribution in [0.1, 0.15) is 25.3 Å². The molecule has 8 nitrogen and oxygen atoms in total. The van der Waals surface area contributed by atoms with E-state index in [1.807, 2.05) is 36.1 Å². The van der Waals surface area contributed by atoms with Crippen LogP contribution in [0.2, 0.25) is 0 Å². The van der Waals surface area contributed by atoms with Crippen LogP contribution >= 0.6 is 0 Å². The molecule has 1 aliphatic heterocycles. The van der Waals surface area contributed by atoms with E-state index < -0.39 is 4.92 Å². The molecule has 1 saturated heterocycles. The second kappa shape index (κ2) is 6.92.